The van der Waals surface area contributed by atoms with Gasteiger partial charge in [0.2, 0.25) is 0 Å². The van der Waals surface area contributed by atoms with Crippen molar-refractivity contribution in [3.05, 3.63) is 48.3 Å². The standard InChI is InChI=1S/C24H30N4O2S/c1-17-23(18-6-8-27(17)9-7-18)26-24(29)19-2-4-21(5-3-19)31-22-14-20(15-25-16-22)28-10-12-30-13-11-28/h2-5,14-18,23H,6-13H2,1H3,(H,26,29)/t17-,23+/m1/s1. The molecule has 2 aromatic rings. The molecule has 1 amide bonds. The molecule has 164 valence electrons. The molecule has 0 radical (unpaired) electrons. The fraction of sp³-hybridized carbons (Fsp3) is 0.500. The van der Waals surface area contributed by atoms with E-state index in [2.05, 4.69) is 33.1 Å². The molecule has 1 N–H and O–H groups in total. The van der Waals surface area contributed by atoms with E-state index in [0.29, 0.717) is 12.0 Å². The van der Waals surface area contributed by atoms with Gasteiger partial charge in [-0.3, -0.25) is 14.7 Å². The first-order valence-corrected chi connectivity index (χ1v) is 12.1. The highest BCUT2D eigenvalue weighted by Gasteiger charge is 2.40. The lowest BCUT2D eigenvalue weighted by Gasteiger charge is -2.49. The van der Waals surface area contributed by atoms with E-state index in [0.717, 1.165) is 47.3 Å². The van der Waals surface area contributed by atoms with Crippen LogP contribution in [0.5, 0.6) is 0 Å². The number of fused-ring (bicyclic) bond motifs is 3. The summed E-state index contributed by atoms with van der Waals surface area (Å²) in [6.07, 6.45) is 6.20. The van der Waals surface area contributed by atoms with Gasteiger partial charge in [-0.15, -0.1) is 0 Å². The molecule has 6 nitrogen and oxygen atoms in total. The zero-order chi connectivity index (χ0) is 21.2. The summed E-state index contributed by atoms with van der Waals surface area (Å²) in [6.45, 7) is 7.92. The van der Waals surface area contributed by atoms with Gasteiger partial charge in [0.1, 0.15) is 0 Å². The van der Waals surface area contributed by atoms with E-state index < -0.39 is 0 Å². The third-order valence-corrected chi connectivity index (χ3v) is 7.87. The summed E-state index contributed by atoms with van der Waals surface area (Å²) in [7, 11) is 0. The van der Waals surface area contributed by atoms with E-state index in [4.69, 9.17) is 4.74 Å². The molecular formula is C24H30N4O2S. The third-order valence-electron chi connectivity index (χ3n) is 6.90. The summed E-state index contributed by atoms with van der Waals surface area (Å²) in [4.78, 5) is 24.3. The minimum atomic E-state index is 0.0399. The van der Waals surface area contributed by atoms with E-state index >= 15 is 0 Å². The molecule has 0 spiro atoms. The molecule has 4 aliphatic rings. The van der Waals surface area contributed by atoms with Gasteiger partial charge in [-0.2, -0.15) is 0 Å². The SMILES string of the molecule is C[C@@H]1[C@H](NC(=O)c2ccc(Sc3cncc(N4CCOCC4)c3)cc2)C2CCN1CC2. The number of morpholine rings is 1. The molecule has 2 bridgehead atoms. The summed E-state index contributed by atoms with van der Waals surface area (Å²) >= 11 is 1.67. The van der Waals surface area contributed by atoms with Gasteiger partial charge < -0.3 is 15.0 Å². The van der Waals surface area contributed by atoms with Crippen LogP contribution in [0.3, 0.4) is 0 Å². The van der Waals surface area contributed by atoms with Crippen LogP contribution < -0.4 is 10.2 Å². The maximum atomic E-state index is 12.9. The summed E-state index contributed by atoms with van der Waals surface area (Å²) in [5.41, 5.74) is 1.86. The number of carbonyl (C=O) groups excluding carboxylic acids is 1. The molecule has 6 rings (SSSR count). The van der Waals surface area contributed by atoms with Gasteiger partial charge >= 0.3 is 0 Å². The van der Waals surface area contributed by atoms with Crippen LogP contribution in [0.1, 0.15) is 30.1 Å². The van der Waals surface area contributed by atoms with Crippen molar-refractivity contribution in [2.75, 3.05) is 44.3 Å². The van der Waals surface area contributed by atoms with Crippen molar-refractivity contribution in [2.45, 2.75) is 41.6 Å². The Morgan fingerprint density at radius 2 is 1.81 bits per heavy atom. The molecule has 7 heteroatoms. The zero-order valence-electron chi connectivity index (χ0n) is 18.0. The van der Waals surface area contributed by atoms with Gasteiger partial charge in [0.15, 0.2) is 0 Å². The smallest absolute Gasteiger partial charge is 0.251 e. The molecule has 0 aliphatic carbocycles. The fourth-order valence-electron chi connectivity index (χ4n) is 5.05. The number of nitrogens with zero attached hydrogens (tertiary/aromatic N) is 3. The first-order valence-electron chi connectivity index (χ1n) is 11.3. The van der Waals surface area contributed by atoms with Gasteiger partial charge in [0, 0.05) is 46.7 Å². The van der Waals surface area contributed by atoms with Gasteiger partial charge in [-0.05, 0) is 69.1 Å². The van der Waals surface area contributed by atoms with Gasteiger partial charge in [-0.25, -0.2) is 0 Å². The number of nitrogens with one attached hydrogen (secondary N) is 1. The normalized spacial score (nSPS) is 27.8. The predicted molar refractivity (Wildman–Crippen MR) is 123 cm³/mol. The summed E-state index contributed by atoms with van der Waals surface area (Å²) < 4.78 is 5.44. The van der Waals surface area contributed by atoms with Crippen LogP contribution in [0.2, 0.25) is 0 Å². The van der Waals surface area contributed by atoms with Crippen LogP contribution in [0.25, 0.3) is 0 Å². The number of anilines is 1. The minimum absolute atomic E-state index is 0.0399. The fourth-order valence-corrected chi connectivity index (χ4v) is 5.89. The van der Waals surface area contributed by atoms with Gasteiger partial charge in [0.05, 0.1) is 25.1 Å². The number of piperidine rings is 3. The molecule has 0 saturated carbocycles. The summed E-state index contributed by atoms with van der Waals surface area (Å²) in [6, 6.07) is 10.8. The average molecular weight is 439 g/mol. The van der Waals surface area contributed by atoms with E-state index in [-0.39, 0.29) is 11.9 Å². The lowest BCUT2D eigenvalue weighted by Crippen LogP contribution is -2.62. The van der Waals surface area contributed by atoms with Crippen molar-refractivity contribution in [2.24, 2.45) is 5.92 Å². The van der Waals surface area contributed by atoms with Crippen molar-refractivity contribution < 1.29 is 9.53 Å². The van der Waals surface area contributed by atoms with Crippen molar-refractivity contribution in [3.63, 3.8) is 0 Å². The highest BCUT2D eigenvalue weighted by molar-refractivity contribution is 7.99. The van der Waals surface area contributed by atoms with Crippen LogP contribution in [0.15, 0.2) is 52.5 Å². The first kappa shape index (κ1) is 20.8. The van der Waals surface area contributed by atoms with Gasteiger partial charge in [0.25, 0.3) is 5.91 Å². The van der Waals surface area contributed by atoms with Crippen LogP contribution in [0.4, 0.5) is 5.69 Å². The Labute approximate surface area is 188 Å². The molecule has 4 fully saturated rings. The number of hydrogen-bond donors (Lipinski definition) is 1. The second-order valence-corrected chi connectivity index (χ2v) is 9.86. The zero-order valence-corrected chi connectivity index (χ0v) is 18.8. The monoisotopic (exact) mass is 438 g/mol. The Kier molecular flexibility index (Phi) is 6.16. The second kappa shape index (κ2) is 9.18. The molecule has 4 aliphatic heterocycles. The number of rotatable bonds is 5. The van der Waals surface area contributed by atoms with E-state index in [1.165, 1.54) is 25.9 Å². The van der Waals surface area contributed by atoms with Gasteiger partial charge in [-0.1, -0.05) is 11.8 Å². The lowest BCUT2D eigenvalue weighted by atomic mass is 9.79. The number of hydrogen-bond acceptors (Lipinski definition) is 6. The average Bonchev–Trinajstić information content (AvgIpc) is 2.83. The Morgan fingerprint density at radius 1 is 1.06 bits per heavy atom. The highest BCUT2D eigenvalue weighted by atomic mass is 32.2. The summed E-state index contributed by atoms with van der Waals surface area (Å²) in [5.74, 6) is 0.656. The summed E-state index contributed by atoms with van der Waals surface area (Å²) in [5, 5.41) is 3.32. The Balaban J connectivity index is 1.22. The van der Waals surface area contributed by atoms with Crippen molar-refractivity contribution in [1.82, 2.24) is 15.2 Å². The molecular weight excluding hydrogens is 408 g/mol. The van der Waals surface area contributed by atoms with Crippen molar-refractivity contribution >= 4 is 23.4 Å². The minimum Gasteiger partial charge on any atom is -0.378 e. The molecule has 4 saturated heterocycles. The predicted octanol–water partition coefficient (Wildman–Crippen LogP) is 3.28. The van der Waals surface area contributed by atoms with Crippen LogP contribution in [-0.4, -0.2) is 67.3 Å². The van der Waals surface area contributed by atoms with Crippen LogP contribution >= 0.6 is 11.8 Å². The maximum Gasteiger partial charge on any atom is 0.251 e. The topological polar surface area (TPSA) is 57.7 Å². The molecule has 2 atom stereocenters. The number of pyridine rings is 1. The largest absolute Gasteiger partial charge is 0.378 e. The Bertz CT molecular complexity index is 906. The number of amides is 1. The molecule has 31 heavy (non-hydrogen) atoms. The number of aromatic nitrogens is 1. The quantitative estimate of drug-likeness (QED) is 0.773. The molecule has 5 heterocycles. The molecule has 1 aromatic heterocycles. The van der Waals surface area contributed by atoms with E-state index in [1.54, 1.807) is 11.8 Å². The second-order valence-electron chi connectivity index (χ2n) is 8.72. The van der Waals surface area contributed by atoms with Crippen molar-refractivity contribution in [1.29, 1.82) is 0 Å². The van der Waals surface area contributed by atoms with Crippen LogP contribution in [0, 0.1) is 5.92 Å². The molecule has 0 unspecified atom stereocenters. The molecule has 1 aromatic carbocycles. The number of benzene rings is 1. The highest BCUT2D eigenvalue weighted by Crippen LogP contribution is 2.33. The van der Waals surface area contributed by atoms with Crippen molar-refractivity contribution in [3.8, 4) is 0 Å². The van der Waals surface area contributed by atoms with E-state index in [1.807, 2.05) is 36.7 Å². The Morgan fingerprint density at radius 3 is 2.52 bits per heavy atom. The first-order chi connectivity index (χ1) is 15.2. The number of carbonyl (C=O) groups is 1. The maximum absolute atomic E-state index is 12.9. The van der Waals surface area contributed by atoms with Crippen LogP contribution in [-0.2, 0) is 4.74 Å². The third kappa shape index (κ3) is 4.59. The lowest BCUT2D eigenvalue weighted by molar-refractivity contribution is 0.0217. The van der Waals surface area contributed by atoms with E-state index in [9.17, 15) is 4.79 Å². The Hall–Kier alpha value is -2.09. The number of ether oxygens (including phenoxy) is 1.